The number of carbonyl (C=O) groups is 2. The first-order valence-electron chi connectivity index (χ1n) is 9.19. The summed E-state index contributed by atoms with van der Waals surface area (Å²) in [7, 11) is 0. The third-order valence-corrected chi connectivity index (χ3v) is 5.14. The highest BCUT2D eigenvalue weighted by Crippen LogP contribution is 2.19. The number of anilines is 1. The Morgan fingerprint density at radius 1 is 1.10 bits per heavy atom. The summed E-state index contributed by atoms with van der Waals surface area (Å²) in [6.45, 7) is 3.58. The zero-order valence-electron chi connectivity index (χ0n) is 16.4. The van der Waals surface area contributed by atoms with Crippen molar-refractivity contribution in [1.29, 1.82) is 0 Å². The number of aromatic nitrogens is 2. The van der Waals surface area contributed by atoms with Gasteiger partial charge in [-0.3, -0.25) is 4.79 Å². The lowest BCUT2D eigenvalue weighted by Gasteiger charge is -2.08. The number of esters is 1. The molecule has 0 saturated heterocycles. The fraction of sp³-hybridized carbons (Fsp3) is 0.238. The normalized spacial score (nSPS) is 10.8. The number of rotatable bonds is 8. The Morgan fingerprint density at radius 3 is 2.47 bits per heavy atom. The second-order valence-electron chi connectivity index (χ2n) is 6.63. The van der Waals surface area contributed by atoms with Gasteiger partial charge in [-0.2, -0.15) is 0 Å². The highest BCUT2D eigenvalue weighted by Gasteiger charge is 2.12. The number of amides is 1. The van der Waals surface area contributed by atoms with E-state index in [0.29, 0.717) is 28.8 Å². The lowest BCUT2D eigenvalue weighted by molar-refractivity contribution is -0.113. The van der Waals surface area contributed by atoms with E-state index in [1.54, 1.807) is 38.1 Å². The molecule has 2 aromatic carbocycles. The SMILES string of the molecule is CC(C)OC(=O)c1ccc(NC(=O)CSc2nnc(Cc3ccc(Br)cc3)o2)cc1. The number of carbonyl (C=O) groups excluding carboxylic acids is 2. The van der Waals surface area contributed by atoms with E-state index in [2.05, 4.69) is 31.4 Å². The Morgan fingerprint density at radius 2 is 1.80 bits per heavy atom. The molecule has 0 saturated carbocycles. The van der Waals surface area contributed by atoms with E-state index in [0.717, 1.165) is 21.8 Å². The minimum atomic E-state index is -0.395. The van der Waals surface area contributed by atoms with Crippen LogP contribution in [0.25, 0.3) is 0 Å². The van der Waals surface area contributed by atoms with E-state index in [1.807, 2.05) is 24.3 Å². The summed E-state index contributed by atoms with van der Waals surface area (Å²) < 4.78 is 11.7. The molecule has 7 nitrogen and oxygen atoms in total. The molecular formula is C21H20BrN3O4S. The molecule has 1 amide bonds. The summed E-state index contributed by atoms with van der Waals surface area (Å²) in [5.74, 6) is -0.000105. The van der Waals surface area contributed by atoms with Gasteiger partial charge in [0.05, 0.1) is 23.8 Å². The van der Waals surface area contributed by atoms with Crippen LogP contribution in [0.1, 0.15) is 35.7 Å². The van der Waals surface area contributed by atoms with Crippen molar-refractivity contribution in [3.05, 3.63) is 70.0 Å². The van der Waals surface area contributed by atoms with Crippen molar-refractivity contribution in [1.82, 2.24) is 10.2 Å². The molecule has 0 spiro atoms. The standard InChI is InChI=1S/C21H20BrN3O4S/c1-13(2)28-20(27)15-5-9-17(10-6-15)23-18(26)12-30-21-25-24-19(29-21)11-14-3-7-16(22)8-4-14/h3-10,13H,11-12H2,1-2H3,(H,23,26). The number of nitrogens with zero attached hydrogens (tertiary/aromatic N) is 2. The summed E-state index contributed by atoms with van der Waals surface area (Å²) in [6, 6.07) is 14.4. The van der Waals surface area contributed by atoms with Gasteiger partial charge in [-0.25, -0.2) is 4.79 Å². The molecule has 0 bridgehead atoms. The number of hydrogen-bond donors (Lipinski definition) is 1. The van der Waals surface area contributed by atoms with E-state index >= 15 is 0 Å². The van der Waals surface area contributed by atoms with Crippen LogP contribution in [0.2, 0.25) is 0 Å². The zero-order valence-corrected chi connectivity index (χ0v) is 18.8. The third kappa shape index (κ3) is 6.70. The number of benzene rings is 2. The maximum Gasteiger partial charge on any atom is 0.338 e. The number of hydrogen-bond acceptors (Lipinski definition) is 7. The molecule has 9 heteroatoms. The molecule has 0 fully saturated rings. The molecule has 0 aliphatic carbocycles. The monoisotopic (exact) mass is 489 g/mol. The fourth-order valence-corrected chi connectivity index (χ4v) is 3.29. The number of ether oxygens (including phenoxy) is 1. The summed E-state index contributed by atoms with van der Waals surface area (Å²) in [4.78, 5) is 24.0. The first-order chi connectivity index (χ1) is 14.4. The van der Waals surface area contributed by atoms with Crippen LogP contribution in [-0.2, 0) is 16.0 Å². The lowest BCUT2D eigenvalue weighted by atomic mass is 10.2. The van der Waals surface area contributed by atoms with Crippen LogP contribution in [-0.4, -0.2) is 33.9 Å². The number of thioether (sulfide) groups is 1. The summed E-state index contributed by atoms with van der Waals surface area (Å²) in [6.07, 6.45) is 0.340. The highest BCUT2D eigenvalue weighted by atomic mass is 79.9. The van der Waals surface area contributed by atoms with Gasteiger partial charge >= 0.3 is 5.97 Å². The van der Waals surface area contributed by atoms with Crippen LogP contribution in [0.15, 0.2) is 62.6 Å². The average Bonchev–Trinajstić information content (AvgIpc) is 3.15. The second kappa shape index (κ2) is 10.4. The van der Waals surface area contributed by atoms with Gasteiger partial charge in [0.25, 0.3) is 5.22 Å². The molecule has 30 heavy (non-hydrogen) atoms. The minimum Gasteiger partial charge on any atom is -0.459 e. The maximum atomic E-state index is 12.2. The number of nitrogens with one attached hydrogen (secondary N) is 1. The predicted octanol–water partition coefficient (Wildman–Crippen LogP) is 4.72. The topological polar surface area (TPSA) is 94.3 Å². The van der Waals surface area contributed by atoms with E-state index in [1.165, 1.54) is 0 Å². The molecular weight excluding hydrogens is 470 g/mol. The molecule has 1 heterocycles. The molecule has 0 radical (unpaired) electrons. The van der Waals surface area contributed by atoms with E-state index < -0.39 is 5.97 Å². The van der Waals surface area contributed by atoms with Gasteiger partial charge in [0.15, 0.2) is 0 Å². The van der Waals surface area contributed by atoms with Gasteiger partial charge in [0.1, 0.15) is 0 Å². The van der Waals surface area contributed by atoms with Crippen molar-refractivity contribution in [2.24, 2.45) is 0 Å². The van der Waals surface area contributed by atoms with Crippen molar-refractivity contribution in [3.63, 3.8) is 0 Å². The van der Waals surface area contributed by atoms with Gasteiger partial charge in [-0.15, -0.1) is 10.2 Å². The van der Waals surface area contributed by atoms with Gasteiger partial charge in [0.2, 0.25) is 11.8 Å². The average molecular weight is 490 g/mol. The molecule has 156 valence electrons. The van der Waals surface area contributed by atoms with Gasteiger partial charge in [-0.05, 0) is 55.8 Å². The minimum absolute atomic E-state index is 0.122. The summed E-state index contributed by atoms with van der Waals surface area (Å²) >= 11 is 4.56. The van der Waals surface area contributed by atoms with Crippen molar-refractivity contribution in [3.8, 4) is 0 Å². The molecule has 1 N–H and O–H groups in total. The molecule has 3 aromatic rings. The predicted molar refractivity (Wildman–Crippen MR) is 118 cm³/mol. The largest absolute Gasteiger partial charge is 0.459 e. The van der Waals surface area contributed by atoms with Crippen LogP contribution in [0, 0.1) is 0 Å². The summed E-state index contributed by atoms with van der Waals surface area (Å²) in [5, 5.41) is 11.1. The van der Waals surface area contributed by atoms with E-state index in [-0.39, 0.29) is 17.8 Å². The van der Waals surface area contributed by atoms with E-state index in [9.17, 15) is 9.59 Å². The molecule has 0 aliphatic rings. The third-order valence-electron chi connectivity index (χ3n) is 3.79. The molecule has 0 atom stereocenters. The van der Waals surface area contributed by atoms with Crippen LogP contribution in [0.5, 0.6) is 0 Å². The zero-order chi connectivity index (χ0) is 21.5. The Kier molecular flexibility index (Phi) is 7.64. The first kappa shape index (κ1) is 22.0. The Hall–Kier alpha value is -2.65. The van der Waals surface area contributed by atoms with Crippen LogP contribution in [0.4, 0.5) is 5.69 Å². The Labute approximate surface area is 186 Å². The van der Waals surface area contributed by atoms with Gasteiger partial charge < -0.3 is 14.5 Å². The first-order valence-corrected chi connectivity index (χ1v) is 11.0. The van der Waals surface area contributed by atoms with Crippen molar-refractivity contribution < 1.29 is 18.7 Å². The fourth-order valence-electron chi connectivity index (χ4n) is 2.44. The molecule has 0 unspecified atom stereocenters. The smallest absolute Gasteiger partial charge is 0.338 e. The molecule has 1 aromatic heterocycles. The van der Waals surface area contributed by atoms with E-state index in [4.69, 9.17) is 9.15 Å². The Balaban J connectivity index is 1.47. The Bertz CT molecular complexity index is 1000. The number of halogens is 1. The van der Waals surface area contributed by atoms with Crippen molar-refractivity contribution in [2.75, 3.05) is 11.1 Å². The summed E-state index contributed by atoms with van der Waals surface area (Å²) in [5.41, 5.74) is 2.07. The highest BCUT2D eigenvalue weighted by molar-refractivity contribution is 9.10. The molecule has 0 aliphatic heterocycles. The lowest BCUT2D eigenvalue weighted by Crippen LogP contribution is -2.14. The van der Waals surface area contributed by atoms with Crippen molar-refractivity contribution >= 4 is 45.3 Å². The quantitative estimate of drug-likeness (QED) is 0.361. The van der Waals surface area contributed by atoms with Gasteiger partial charge in [-0.1, -0.05) is 39.8 Å². The van der Waals surface area contributed by atoms with Crippen LogP contribution < -0.4 is 5.32 Å². The molecule has 3 rings (SSSR count). The van der Waals surface area contributed by atoms with Crippen LogP contribution in [0.3, 0.4) is 0 Å². The van der Waals surface area contributed by atoms with Crippen LogP contribution >= 0.6 is 27.7 Å². The van der Waals surface area contributed by atoms with Gasteiger partial charge in [0, 0.05) is 10.2 Å². The van der Waals surface area contributed by atoms with Crippen molar-refractivity contribution in [2.45, 2.75) is 31.6 Å². The maximum absolute atomic E-state index is 12.2. The second-order valence-corrected chi connectivity index (χ2v) is 8.48.